The molecule has 1 heterocycles. The lowest BCUT2D eigenvalue weighted by Crippen LogP contribution is -2.27. The fourth-order valence-electron chi connectivity index (χ4n) is 1.07. The number of aromatic nitrogens is 1. The van der Waals surface area contributed by atoms with Gasteiger partial charge in [-0.25, -0.2) is 4.98 Å². The molecule has 0 atom stereocenters. The van der Waals surface area contributed by atoms with Crippen LogP contribution in [0.2, 0.25) is 0 Å². The number of pyridine rings is 1. The van der Waals surface area contributed by atoms with Gasteiger partial charge in [-0.1, -0.05) is 6.92 Å². The van der Waals surface area contributed by atoms with Gasteiger partial charge in [-0.15, -0.1) is 0 Å². The Labute approximate surface area is 94.8 Å². The third-order valence-electron chi connectivity index (χ3n) is 2.41. The van der Waals surface area contributed by atoms with Crippen LogP contribution >= 0.6 is 0 Å². The van der Waals surface area contributed by atoms with E-state index in [0.717, 1.165) is 6.42 Å². The van der Waals surface area contributed by atoms with Gasteiger partial charge < -0.3 is 16.2 Å². The highest BCUT2D eigenvalue weighted by atomic mass is 16.5. The predicted octanol–water partition coefficient (Wildman–Crippen LogP) is 1.33. The Balaban J connectivity index is 3.00. The Morgan fingerprint density at radius 1 is 1.56 bits per heavy atom. The molecule has 0 saturated carbocycles. The molecule has 0 radical (unpaired) electrons. The van der Waals surface area contributed by atoms with Gasteiger partial charge in [-0.05, 0) is 20.3 Å². The van der Waals surface area contributed by atoms with E-state index < -0.39 is 5.91 Å². The number of anilines is 1. The Bertz CT molecular complexity index is 402. The first kappa shape index (κ1) is 12.3. The molecule has 16 heavy (non-hydrogen) atoms. The lowest BCUT2D eigenvalue weighted by Gasteiger charge is -2.24. The van der Waals surface area contributed by atoms with Crippen LogP contribution in [0.1, 0.15) is 37.6 Å². The molecule has 1 amide bonds. The minimum Gasteiger partial charge on any atom is -0.472 e. The number of hydrogen-bond donors (Lipinski definition) is 2. The maximum absolute atomic E-state index is 11.1. The molecule has 0 bridgehead atoms. The van der Waals surface area contributed by atoms with Gasteiger partial charge in [-0.2, -0.15) is 0 Å². The molecule has 5 nitrogen and oxygen atoms in total. The number of carbonyl (C=O) groups is 1. The van der Waals surface area contributed by atoms with Crippen LogP contribution in [0.15, 0.2) is 12.3 Å². The van der Waals surface area contributed by atoms with Gasteiger partial charge in [0.05, 0.1) is 17.4 Å². The third kappa shape index (κ3) is 2.85. The second kappa shape index (κ2) is 4.38. The van der Waals surface area contributed by atoms with E-state index in [9.17, 15) is 4.79 Å². The van der Waals surface area contributed by atoms with Crippen molar-refractivity contribution in [3.63, 3.8) is 0 Å². The average molecular weight is 223 g/mol. The Hall–Kier alpha value is -1.78. The quantitative estimate of drug-likeness (QED) is 0.805. The summed E-state index contributed by atoms with van der Waals surface area (Å²) in [6.45, 7) is 5.89. The van der Waals surface area contributed by atoms with Gasteiger partial charge >= 0.3 is 0 Å². The average Bonchev–Trinajstić information content (AvgIpc) is 2.20. The molecule has 0 aliphatic carbocycles. The van der Waals surface area contributed by atoms with E-state index in [1.807, 2.05) is 20.8 Å². The van der Waals surface area contributed by atoms with E-state index in [1.54, 1.807) is 0 Å². The maximum atomic E-state index is 11.1. The van der Waals surface area contributed by atoms with Crippen LogP contribution in [0.25, 0.3) is 0 Å². The topological polar surface area (TPSA) is 91.2 Å². The van der Waals surface area contributed by atoms with Gasteiger partial charge in [0.25, 0.3) is 5.91 Å². The first-order valence-corrected chi connectivity index (χ1v) is 5.10. The van der Waals surface area contributed by atoms with E-state index in [4.69, 9.17) is 16.2 Å². The number of amides is 1. The normalized spacial score (nSPS) is 11.2. The van der Waals surface area contributed by atoms with Crippen LogP contribution in [0, 0.1) is 0 Å². The van der Waals surface area contributed by atoms with Crippen molar-refractivity contribution in [1.29, 1.82) is 0 Å². The zero-order valence-corrected chi connectivity index (χ0v) is 9.78. The lowest BCUT2D eigenvalue weighted by molar-refractivity contribution is 0.0962. The molecule has 0 saturated heterocycles. The number of hydrogen-bond acceptors (Lipinski definition) is 4. The summed E-state index contributed by atoms with van der Waals surface area (Å²) < 4.78 is 5.62. The highest BCUT2D eigenvalue weighted by Gasteiger charge is 2.18. The van der Waals surface area contributed by atoms with E-state index in [1.165, 1.54) is 12.3 Å². The van der Waals surface area contributed by atoms with Gasteiger partial charge in [0.2, 0.25) is 5.88 Å². The van der Waals surface area contributed by atoms with Crippen molar-refractivity contribution in [2.45, 2.75) is 32.8 Å². The number of rotatable bonds is 4. The molecule has 1 aromatic rings. The highest BCUT2D eigenvalue weighted by Crippen LogP contribution is 2.21. The summed E-state index contributed by atoms with van der Waals surface area (Å²) in [5, 5.41) is 0. The standard InChI is InChI=1S/C11H17N3O2/c1-4-11(2,3)16-9-5-7(10(13)15)8(12)6-14-9/h5-6H,4,12H2,1-3H3,(H2,13,15). The van der Waals surface area contributed by atoms with Crippen molar-refractivity contribution >= 4 is 11.6 Å². The zero-order valence-electron chi connectivity index (χ0n) is 9.78. The molecular formula is C11H17N3O2. The summed E-state index contributed by atoms with van der Waals surface area (Å²) in [5.41, 5.74) is 10.9. The molecule has 5 heteroatoms. The molecule has 88 valence electrons. The minimum absolute atomic E-state index is 0.233. The minimum atomic E-state index is -0.584. The third-order valence-corrected chi connectivity index (χ3v) is 2.41. The Morgan fingerprint density at radius 3 is 2.69 bits per heavy atom. The molecule has 0 aliphatic heterocycles. The van der Waals surface area contributed by atoms with Gasteiger partial charge in [0.1, 0.15) is 5.60 Å². The number of nitrogen functional groups attached to an aromatic ring is 1. The number of nitrogens with zero attached hydrogens (tertiary/aromatic N) is 1. The zero-order chi connectivity index (χ0) is 12.3. The van der Waals surface area contributed by atoms with Crippen LogP contribution < -0.4 is 16.2 Å². The summed E-state index contributed by atoms with van der Waals surface area (Å²) in [5.74, 6) is -0.228. The molecule has 4 N–H and O–H groups in total. The second-order valence-electron chi connectivity index (χ2n) is 4.19. The summed E-state index contributed by atoms with van der Waals surface area (Å²) in [6, 6.07) is 1.47. The van der Waals surface area contributed by atoms with E-state index in [2.05, 4.69) is 4.98 Å². The van der Waals surface area contributed by atoms with Crippen molar-refractivity contribution in [3.05, 3.63) is 17.8 Å². The monoisotopic (exact) mass is 223 g/mol. The molecule has 0 aliphatic rings. The van der Waals surface area contributed by atoms with Crippen molar-refractivity contribution in [1.82, 2.24) is 4.98 Å². The van der Waals surface area contributed by atoms with Crippen molar-refractivity contribution in [2.24, 2.45) is 5.73 Å². The Morgan fingerprint density at radius 2 is 2.19 bits per heavy atom. The SMILES string of the molecule is CCC(C)(C)Oc1cc(C(N)=O)c(N)cn1. The van der Waals surface area contributed by atoms with Crippen molar-refractivity contribution < 1.29 is 9.53 Å². The summed E-state index contributed by atoms with van der Waals surface area (Å²) >= 11 is 0. The van der Waals surface area contributed by atoms with Crippen LogP contribution in [0.5, 0.6) is 5.88 Å². The lowest BCUT2D eigenvalue weighted by atomic mass is 10.1. The highest BCUT2D eigenvalue weighted by molar-refractivity contribution is 5.97. The molecule has 0 fully saturated rings. The summed E-state index contributed by atoms with van der Waals surface area (Å²) in [7, 11) is 0. The molecule has 1 rings (SSSR count). The first-order chi connectivity index (χ1) is 7.35. The molecule has 0 unspecified atom stereocenters. The number of carbonyl (C=O) groups excluding carboxylic acids is 1. The maximum Gasteiger partial charge on any atom is 0.251 e. The predicted molar refractivity (Wildman–Crippen MR) is 62.2 cm³/mol. The fourth-order valence-corrected chi connectivity index (χ4v) is 1.07. The molecule has 1 aromatic heterocycles. The number of ether oxygens (including phenoxy) is 1. The van der Waals surface area contributed by atoms with Gasteiger partial charge in [-0.3, -0.25) is 4.79 Å². The smallest absolute Gasteiger partial charge is 0.251 e. The van der Waals surface area contributed by atoms with Crippen LogP contribution in [0.4, 0.5) is 5.69 Å². The molecular weight excluding hydrogens is 206 g/mol. The van der Waals surface area contributed by atoms with Crippen molar-refractivity contribution in [2.75, 3.05) is 5.73 Å². The molecule has 0 spiro atoms. The fraction of sp³-hybridized carbons (Fsp3) is 0.455. The van der Waals surface area contributed by atoms with Crippen LogP contribution in [-0.2, 0) is 0 Å². The van der Waals surface area contributed by atoms with E-state index in [-0.39, 0.29) is 16.9 Å². The summed E-state index contributed by atoms with van der Waals surface area (Å²) in [6.07, 6.45) is 2.20. The summed E-state index contributed by atoms with van der Waals surface area (Å²) in [4.78, 5) is 15.1. The van der Waals surface area contributed by atoms with Gasteiger partial charge in [0.15, 0.2) is 0 Å². The van der Waals surface area contributed by atoms with Crippen molar-refractivity contribution in [3.8, 4) is 5.88 Å². The first-order valence-electron chi connectivity index (χ1n) is 5.10. The Kier molecular flexibility index (Phi) is 3.37. The number of primary amides is 1. The van der Waals surface area contributed by atoms with Crippen LogP contribution in [-0.4, -0.2) is 16.5 Å². The molecule has 0 aromatic carbocycles. The van der Waals surface area contributed by atoms with E-state index >= 15 is 0 Å². The largest absolute Gasteiger partial charge is 0.472 e. The number of nitrogens with two attached hydrogens (primary N) is 2. The van der Waals surface area contributed by atoms with Gasteiger partial charge in [0, 0.05) is 6.07 Å². The second-order valence-corrected chi connectivity index (χ2v) is 4.19. The van der Waals surface area contributed by atoms with Crippen LogP contribution in [0.3, 0.4) is 0 Å². The van der Waals surface area contributed by atoms with E-state index in [0.29, 0.717) is 5.88 Å².